The Morgan fingerprint density at radius 2 is 1.90 bits per heavy atom. The minimum absolute atomic E-state index is 0.167. The van der Waals surface area contributed by atoms with Crippen LogP contribution in [0.5, 0.6) is 5.75 Å². The van der Waals surface area contributed by atoms with E-state index in [-0.39, 0.29) is 24.3 Å². The molecule has 2 aliphatic heterocycles. The maximum Gasteiger partial charge on any atom is 0.339 e. The molecule has 9 heteroatoms. The van der Waals surface area contributed by atoms with Crippen LogP contribution < -0.4 is 15.4 Å². The molecule has 0 aliphatic carbocycles. The number of rotatable bonds is 4. The molecule has 1 unspecified atom stereocenters. The van der Waals surface area contributed by atoms with E-state index in [1.54, 1.807) is 36.4 Å². The number of urea groups is 1. The van der Waals surface area contributed by atoms with Crippen LogP contribution in [-0.2, 0) is 19.9 Å². The number of anilines is 1. The lowest BCUT2D eigenvalue weighted by atomic mass is 9.84. The predicted octanol–water partition coefficient (Wildman–Crippen LogP) is 1.64. The van der Waals surface area contributed by atoms with Crippen molar-refractivity contribution < 1.29 is 28.7 Å². The van der Waals surface area contributed by atoms with Gasteiger partial charge in [0.25, 0.3) is 5.91 Å². The van der Waals surface area contributed by atoms with Crippen LogP contribution >= 0.6 is 0 Å². The Morgan fingerprint density at radius 1 is 1.17 bits per heavy atom. The molecule has 0 radical (unpaired) electrons. The van der Waals surface area contributed by atoms with Crippen molar-refractivity contribution in [3.63, 3.8) is 0 Å². The first-order chi connectivity index (χ1) is 14.5. The Bertz CT molecular complexity index is 1050. The molecule has 2 aromatic carbocycles. The lowest BCUT2D eigenvalue weighted by Gasteiger charge is -2.33. The SMILES string of the molecule is COC(=O)c1ccccc1NC(=O)CN1C(=O)NC2(CCOc3ccccc32)C1=O. The molecule has 0 saturated carbocycles. The minimum Gasteiger partial charge on any atom is -0.493 e. The summed E-state index contributed by atoms with van der Waals surface area (Å²) in [5, 5.41) is 5.30. The predicted molar refractivity (Wildman–Crippen MR) is 105 cm³/mol. The molecule has 1 spiro atoms. The van der Waals surface area contributed by atoms with E-state index in [0.29, 0.717) is 11.3 Å². The maximum absolute atomic E-state index is 13.2. The van der Waals surface area contributed by atoms with Crippen LogP contribution in [0.4, 0.5) is 10.5 Å². The topological polar surface area (TPSA) is 114 Å². The van der Waals surface area contributed by atoms with Gasteiger partial charge in [-0.15, -0.1) is 0 Å². The number of carbonyl (C=O) groups excluding carboxylic acids is 4. The van der Waals surface area contributed by atoms with E-state index < -0.39 is 35.9 Å². The summed E-state index contributed by atoms with van der Waals surface area (Å²) in [5.74, 6) is -1.22. The first-order valence-electron chi connectivity index (χ1n) is 9.30. The van der Waals surface area contributed by atoms with Crippen molar-refractivity contribution in [3.8, 4) is 5.75 Å². The second kappa shape index (κ2) is 7.51. The van der Waals surface area contributed by atoms with Gasteiger partial charge in [0, 0.05) is 12.0 Å². The second-order valence-electron chi connectivity index (χ2n) is 6.91. The standard InChI is InChI=1S/C21H19N3O6/c1-29-18(26)13-6-2-4-8-15(13)22-17(25)12-24-19(27)21(23-20(24)28)10-11-30-16-9-5-3-7-14(16)21/h2-9H,10-12H2,1H3,(H,22,25)(H,23,28). The number of fused-ring (bicyclic) bond motifs is 2. The molecule has 0 bridgehead atoms. The smallest absolute Gasteiger partial charge is 0.339 e. The first kappa shape index (κ1) is 19.4. The average molecular weight is 409 g/mol. The highest BCUT2D eigenvalue weighted by atomic mass is 16.5. The van der Waals surface area contributed by atoms with Gasteiger partial charge in [-0.25, -0.2) is 9.59 Å². The highest BCUT2D eigenvalue weighted by molar-refractivity contribution is 6.11. The molecule has 4 rings (SSSR count). The van der Waals surface area contributed by atoms with Crippen LogP contribution in [0.1, 0.15) is 22.3 Å². The summed E-state index contributed by atoms with van der Waals surface area (Å²) < 4.78 is 10.3. The number of amides is 4. The van der Waals surface area contributed by atoms with Gasteiger partial charge in [-0.1, -0.05) is 30.3 Å². The van der Waals surface area contributed by atoms with Crippen LogP contribution in [0.3, 0.4) is 0 Å². The Labute approximate surface area is 171 Å². The Kier molecular flexibility index (Phi) is 4.86. The summed E-state index contributed by atoms with van der Waals surface area (Å²) >= 11 is 0. The van der Waals surface area contributed by atoms with Gasteiger partial charge in [-0.05, 0) is 18.2 Å². The molecular weight excluding hydrogens is 390 g/mol. The molecule has 2 N–H and O–H groups in total. The lowest BCUT2D eigenvalue weighted by Crippen LogP contribution is -2.48. The molecule has 4 amide bonds. The number of esters is 1. The summed E-state index contributed by atoms with van der Waals surface area (Å²) in [6, 6.07) is 12.6. The number of imide groups is 1. The van der Waals surface area contributed by atoms with Gasteiger partial charge in [0.05, 0.1) is 25.0 Å². The number of hydrogen-bond donors (Lipinski definition) is 2. The van der Waals surface area contributed by atoms with E-state index in [0.717, 1.165) is 4.90 Å². The monoisotopic (exact) mass is 409 g/mol. The Morgan fingerprint density at radius 3 is 2.70 bits per heavy atom. The summed E-state index contributed by atoms with van der Waals surface area (Å²) in [4.78, 5) is 51.1. The zero-order valence-corrected chi connectivity index (χ0v) is 16.1. The van der Waals surface area contributed by atoms with Gasteiger partial charge < -0.3 is 20.1 Å². The largest absolute Gasteiger partial charge is 0.493 e. The number of carbonyl (C=O) groups is 4. The van der Waals surface area contributed by atoms with E-state index in [1.165, 1.54) is 19.2 Å². The average Bonchev–Trinajstić information content (AvgIpc) is 2.98. The number of nitrogens with zero attached hydrogens (tertiary/aromatic N) is 1. The molecule has 154 valence electrons. The third-order valence-electron chi connectivity index (χ3n) is 5.17. The van der Waals surface area contributed by atoms with Crippen LogP contribution in [-0.4, -0.2) is 49.0 Å². The van der Waals surface area contributed by atoms with E-state index >= 15 is 0 Å². The molecule has 1 saturated heterocycles. The third-order valence-corrected chi connectivity index (χ3v) is 5.17. The van der Waals surface area contributed by atoms with Gasteiger partial charge in [0.15, 0.2) is 5.54 Å². The molecule has 1 fully saturated rings. The van der Waals surface area contributed by atoms with Crippen molar-refractivity contribution in [3.05, 3.63) is 59.7 Å². The van der Waals surface area contributed by atoms with Gasteiger partial charge >= 0.3 is 12.0 Å². The van der Waals surface area contributed by atoms with E-state index in [2.05, 4.69) is 10.6 Å². The van der Waals surface area contributed by atoms with Crippen molar-refractivity contribution in [2.24, 2.45) is 0 Å². The second-order valence-corrected chi connectivity index (χ2v) is 6.91. The number of methoxy groups -OCH3 is 1. The zero-order valence-electron chi connectivity index (χ0n) is 16.1. The Balaban J connectivity index is 1.55. The van der Waals surface area contributed by atoms with E-state index in [4.69, 9.17) is 9.47 Å². The highest BCUT2D eigenvalue weighted by Gasteiger charge is 2.55. The number of ether oxygens (including phenoxy) is 2. The lowest BCUT2D eigenvalue weighted by molar-refractivity contribution is -0.135. The fourth-order valence-electron chi connectivity index (χ4n) is 3.73. The van der Waals surface area contributed by atoms with Crippen molar-refractivity contribution in [2.45, 2.75) is 12.0 Å². The van der Waals surface area contributed by atoms with Crippen molar-refractivity contribution in [2.75, 3.05) is 25.6 Å². The van der Waals surface area contributed by atoms with Crippen LogP contribution in [0.2, 0.25) is 0 Å². The summed E-state index contributed by atoms with van der Waals surface area (Å²) in [6.45, 7) is -0.236. The summed E-state index contributed by atoms with van der Waals surface area (Å²) in [5.41, 5.74) is -0.294. The van der Waals surface area contributed by atoms with Gasteiger partial charge in [-0.2, -0.15) is 0 Å². The molecule has 1 atom stereocenters. The molecular formula is C21H19N3O6. The quantitative estimate of drug-likeness (QED) is 0.586. The summed E-state index contributed by atoms with van der Waals surface area (Å²) in [7, 11) is 1.24. The van der Waals surface area contributed by atoms with Crippen LogP contribution in [0, 0.1) is 0 Å². The molecule has 2 aromatic rings. The number of benzene rings is 2. The molecule has 30 heavy (non-hydrogen) atoms. The maximum atomic E-state index is 13.2. The number of nitrogens with one attached hydrogen (secondary N) is 2. The van der Waals surface area contributed by atoms with E-state index in [9.17, 15) is 19.2 Å². The van der Waals surface area contributed by atoms with Gasteiger partial charge in [-0.3, -0.25) is 14.5 Å². The Hall–Kier alpha value is -3.88. The molecule has 2 heterocycles. The van der Waals surface area contributed by atoms with Crippen molar-refractivity contribution in [1.29, 1.82) is 0 Å². The normalized spacial score (nSPS) is 19.7. The van der Waals surface area contributed by atoms with Crippen molar-refractivity contribution >= 4 is 29.5 Å². The van der Waals surface area contributed by atoms with E-state index in [1.807, 2.05) is 0 Å². The van der Waals surface area contributed by atoms with Crippen molar-refractivity contribution in [1.82, 2.24) is 10.2 Å². The number of hydrogen-bond acceptors (Lipinski definition) is 6. The zero-order chi connectivity index (χ0) is 21.3. The van der Waals surface area contributed by atoms with Crippen LogP contribution in [0.15, 0.2) is 48.5 Å². The number of para-hydroxylation sites is 2. The molecule has 0 aromatic heterocycles. The molecule has 9 nitrogen and oxygen atoms in total. The third kappa shape index (κ3) is 3.14. The summed E-state index contributed by atoms with van der Waals surface area (Å²) in [6.07, 6.45) is 0.262. The fourth-order valence-corrected chi connectivity index (χ4v) is 3.73. The minimum atomic E-state index is -1.25. The fraction of sp³-hybridized carbons (Fsp3) is 0.238. The molecule has 2 aliphatic rings. The van der Waals surface area contributed by atoms with Gasteiger partial charge in [0.1, 0.15) is 12.3 Å². The van der Waals surface area contributed by atoms with Crippen LogP contribution in [0.25, 0.3) is 0 Å². The van der Waals surface area contributed by atoms with Gasteiger partial charge in [0.2, 0.25) is 5.91 Å². The highest BCUT2D eigenvalue weighted by Crippen LogP contribution is 2.40. The first-order valence-corrected chi connectivity index (χ1v) is 9.30.